The van der Waals surface area contributed by atoms with Crippen molar-refractivity contribution in [3.05, 3.63) is 30.3 Å². The molecule has 1 aliphatic rings. The Labute approximate surface area is 170 Å². The molecule has 2 aromatic rings. The first-order chi connectivity index (χ1) is 13.4. The van der Waals surface area contributed by atoms with E-state index in [-0.39, 0.29) is 29.1 Å². The number of hydrogen-bond donors (Lipinski definition) is 3. The van der Waals surface area contributed by atoms with Gasteiger partial charge in [-0.25, -0.2) is 13.1 Å². The molecule has 3 N–H and O–H groups in total. The van der Waals surface area contributed by atoms with Crippen LogP contribution in [0.25, 0.3) is 10.8 Å². The summed E-state index contributed by atoms with van der Waals surface area (Å²) in [4.78, 5) is -0.270. The van der Waals surface area contributed by atoms with Crippen LogP contribution in [0.5, 0.6) is 5.75 Å². The number of fused-ring (bicyclic) bond motifs is 1. The summed E-state index contributed by atoms with van der Waals surface area (Å²) in [5, 5.41) is 11.2. The maximum Gasteiger partial charge on any atom is 0.301 e. The predicted molar refractivity (Wildman–Crippen MR) is 111 cm³/mol. The van der Waals surface area contributed by atoms with Gasteiger partial charge in [0.05, 0.1) is 18.9 Å². The van der Waals surface area contributed by atoms with Crippen LogP contribution in [0.1, 0.15) is 20.8 Å². The van der Waals surface area contributed by atoms with E-state index in [9.17, 15) is 21.9 Å². The van der Waals surface area contributed by atoms with Crippen molar-refractivity contribution in [3.63, 3.8) is 0 Å². The number of morpholine rings is 1. The molecular weight excluding hydrogens is 418 g/mol. The number of rotatable bonds is 5. The summed E-state index contributed by atoms with van der Waals surface area (Å²) >= 11 is 0. The third kappa shape index (κ3) is 4.81. The minimum absolute atomic E-state index is 0.226. The van der Waals surface area contributed by atoms with Crippen molar-refractivity contribution in [1.82, 2.24) is 9.03 Å². The summed E-state index contributed by atoms with van der Waals surface area (Å²) in [7, 11) is -7.78. The minimum atomic E-state index is -3.97. The van der Waals surface area contributed by atoms with E-state index in [1.165, 1.54) is 22.5 Å². The van der Waals surface area contributed by atoms with Crippen molar-refractivity contribution in [2.24, 2.45) is 0 Å². The predicted octanol–water partition coefficient (Wildman–Crippen LogP) is 1.61. The Balaban J connectivity index is 2.01. The lowest BCUT2D eigenvalue weighted by Crippen LogP contribution is -2.43. The summed E-state index contributed by atoms with van der Waals surface area (Å²) in [6.07, 6.45) is 0. The molecule has 160 valence electrons. The monoisotopic (exact) mass is 443 g/mol. The zero-order chi connectivity index (χ0) is 21.4. The molecule has 0 aliphatic carbocycles. The quantitative estimate of drug-likeness (QED) is 0.645. The Bertz CT molecular complexity index is 1120. The number of sulfonamides is 1. The molecule has 3 rings (SSSR count). The highest BCUT2D eigenvalue weighted by Gasteiger charge is 2.27. The average Bonchev–Trinajstić information content (AvgIpc) is 2.61. The van der Waals surface area contributed by atoms with Crippen LogP contribution in [0.2, 0.25) is 0 Å². The van der Waals surface area contributed by atoms with Crippen LogP contribution in [0.4, 0.5) is 5.69 Å². The maximum atomic E-state index is 12.7. The van der Waals surface area contributed by atoms with Crippen LogP contribution in [0.3, 0.4) is 0 Å². The first-order valence-corrected chi connectivity index (χ1v) is 12.0. The Hall–Kier alpha value is -1.92. The molecule has 1 aliphatic heterocycles. The lowest BCUT2D eigenvalue weighted by atomic mass is 10.1. The first-order valence-electron chi connectivity index (χ1n) is 9.05. The molecule has 0 aromatic heterocycles. The molecular formula is C18H25N3O6S2. The van der Waals surface area contributed by atoms with Crippen LogP contribution >= 0.6 is 0 Å². The van der Waals surface area contributed by atoms with Gasteiger partial charge in [-0.15, -0.1) is 0 Å². The van der Waals surface area contributed by atoms with Gasteiger partial charge in [0.1, 0.15) is 10.6 Å². The molecule has 0 amide bonds. The molecule has 9 nitrogen and oxygen atoms in total. The highest BCUT2D eigenvalue weighted by molar-refractivity contribution is 7.90. The maximum absolute atomic E-state index is 12.7. The Morgan fingerprint density at radius 1 is 1.00 bits per heavy atom. The van der Waals surface area contributed by atoms with E-state index in [1.807, 2.05) is 0 Å². The normalized spacial score (nSPS) is 16.8. The molecule has 11 heteroatoms. The highest BCUT2D eigenvalue weighted by atomic mass is 32.2. The summed E-state index contributed by atoms with van der Waals surface area (Å²) < 4.78 is 62.1. The molecule has 0 radical (unpaired) electrons. The highest BCUT2D eigenvalue weighted by Crippen LogP contribution is 2.36. The van der Waals surface area contributed by atoms with Crippen molar-refractivity contribution in [1.29, 1.82) is 0 Å². The van der Waals surface area contributed by atoms with Crippen LogP contribution in [-0.2, 0) is 25.0 Å². The van der Waals surface area contributed by atoms with Crippen molar-refractivity contribution in [2.45, 2.75) is 31.2 Å². The molecule has 0 spiro atoms. The second kappa shape index (κ2) is 7.73. The number of phenolic OH excluding ortho intramolecular Hbond substituents is 1. The Morgan fingerprint density at radius 2 is 1.66 bits per heavy atom. The second-order valence-electron chi connectivity index (χ2n) is 7.79. The summed E-state index contributed by atoms with van der Waals surface area (Å²) in [5.74, 6) is -0.438. The number of nitrogens with one attached hydrogen (secondary N) is 2. The third-order valence-corrected chi connectivity index (χ3v) is 7.59. The SMILES string of the molecule is CC(C)(C)NS(=O)(=O)c1ccc2c(NS(=O)(=O)N3CCOCC3)cccc2c1O. The Kier molecular flexibility index (Phi) is 5.80. The van der Waals surface area contributed by atoms with Crippen molar-refractivity contribution in [2.75, 3.05) is 31.0 Å². The van der Waals surface area contributed by atoms with Gasteiger partial charge in [-0.2, -0.15) is 12.7 Å². The van der Waals surface area contributed by atoms with E-state index in [2.05, 4.69) is 9.44 Å². The van der Waals surface area contributed by atoms with Crippen molar-refractivity contribution < 1.29 is 26.7 Å². The first kappa shape index (κ1) is 21.8. The molecule has 1 heterocycles. The fourth-order valence-corrected chi connectivity index (χ4v) is 5.82. The van der Waals surface area contributed by atoms with Gasteiger partial charge in [0.25, 0.3) is 0 Å². The summed E-state index contributed by atoms with van der Waals surface area (Å²) in [6, 6.07) is 7.38. The van der Waals surface area contributed by atoms with Gasteiger partial charge in [-0.05, 0) is 32.9 Å². The Morgan fingerprint density at radius 3 is 2.28 bits per heavy atom. The van der Waals surface area contributed by atoms with Gasteiger partial charge in [0.2, 0.25) is 10.0 Å². The van der Waals surface area contributed by atoms with Crippen LogP contribution < -0.4 is 9.44 Å². The summed E-state index contributed by atoms with van der Waals surface area (Å²) in [6.45, 7) is 6.21. The molecule has 0 atom stereocenters. The van der Waals surface area contributed by atoms with Gasteiger partial charge < -0.3 is 9.84 Å². The van der Waals surface area contributed by atoms with E-state index in [0.717, 1.165) is 0 Å². The number of phenols is 1. The van der Waals surface area contributed by atoms with E-state index in [0.29, 0.717) is 18.6 Å². The van der Waals surface area contributed by atoms with E-state index >= 15 is 0 Å². The molecule has 29 heavy (non-hydrogen) atoms. The van der Waals surface area contributed by atoms with E-state index in [4.69, 9.17) is 4.74 Å². The van der Waals surface area contributed by atoms with Crippen molar-refractivity contribution >= 4 is 36.7 Å². The van der Waals surface area contributed by atoms with Gasteiger partial charge in [-0.3, -0.25) is 4.72 Å². The molecule has 0 unspecified atom stereocenters. The number of ether oxygens (including phenoxy) is 1. The standard InChI is InChI=1S/C18H25N3O6S2/c1-18(2,3)20-28(23,24)16-8-7-13-14(17(16)22)5-4-6-15(13)19-29(25,26)21-9-11-27-12-10-21/h4-8,19-20,22H,9-12H2,1-3H3. The zero-order valence-corrected chi connectivity index (χ0v) is 18.1. The van der Waals surface area contributed by atoms with Crippen LogP contribution in [0.15, 0.2) is 35.2 Å². The van der Waals surface area contributed by atoms with Crippen LogP contribution in [-0.4, -0.2) is 58.1 Å². The molecule has 1 fully saturated rings. The van der Waals surface area contributed by atoms with Gasteiger partial charge in [-0.1, -0.05) is 18.2 Å². The lowest BCUT2D eigenvalue weighted by Gasteiger charge is -2.26. The number of nitrogens with zero attached hydrogens (tertiary/aromatic N) is 1. The van der Waals surface area contributed by atoms with E-state index < -0.39 is 31.5 Å². The number of anilines is 1. The van der Waals surface area contributed by atoms with Gasteiger partial charge >= 0.3 is 10.2 Å². The molecule has 1 saturated heterocycles. The number of aromatic hydroxyl groups is 1. The topological polar surface area (TPSA) is 125 Å². The zero-order valence-electron chi connectivity index (χ0n) is 16.5. The second-order valence-corrected chi connectivity index (χ2v) is 11.1. The molecule has 2 aromatic carbocycles. The van der Waals surface area contributed by atoms with Crippen LogP contribution in [0, 0.1) is 0 Å². The smallest absolute Gasteiger partial charge is 0.301 e. The largest absolute Gasteiger partial charge is 0.506 e. The molecule has 0 saturated carbocycles. The number of benzene rings is 2. The fourth-order valence-electron chi connectivity index (χ4n) is 3.08. The van der Waals surface area contributed by atoms with E-state index in [1.54, 1.807) is 32.9 Å². The van der Waals surface area contributed by atoms with Gasteiger partial charge in [0, 0.05) is 29.4 Å². The fraction of sp³-hybridized carbons (Fsp3) is 0.444. The summed E-state index contributed by atoms with van der Waals surface area (Å²) in [5.41, 5.74) is -0.479. The lowest BCUT2D eigenvalue weighted by molar-refractivity contribution is 0.0733. The van der Waals surface area contributed by atoms with Gasteiger partial charge in [0.15, 0.2) is 0 Å². The number of hydrogen-bond acceptors (Lipinski definition) is 6. The molecule has 0 bridgehead atoms. The minimum Gasteiger partial charge on any atom is -0.506 e. The third-order valence-electron chi connectivity index (χ3n) is 4.27. The van der Waals surface area contributed by atoms with Crippen molar-refractivity contribution in [3.8, 4) is 5.75 Å². The average molecular weight is 444 g/mol.